The molecule has 2 aliphatic heterocycles. The van der Waals surface area contributed by atoms with E-state index in [0.29, 0.717) is 87.9 Å². The zero-order valence-electron chi connectivity index (χ0n) is 48.3. The number of benzene rings is 1. The van der Waals surface area contributed by atoms with Crippen LogP contribution in [0, 0.1) is 12.3 Å². The Labute approximate surface area is 483 Å². The Hall–Kier alpha value is -6.84. The average molecular weight is 1150 g/mol. The molecule has 6 heterocycles. The van der Waals surface area contributed by atoms with Crippen molar-refractivity contribution >= 4 is 52.5 Å². The number of aliphatic hydroxyl groups excluding tert-OH is 1. The quantitative estimate of drug-likeness (QED) is 0.0386. The number of anilines is 2. The SMILES string of the molecule is CCn1cnnc1-c1cccc(N2Cc3c(cc(N(C)C(C)C)nc3CNCCNC(=O)COCCOCCOCCOCCOCC(=O)N[C@H](C(=O)N3C[C@H](O)C[C@H]3C(=O)NCc3ccc(-c4scnc4C)cc3)C(C)(C)C)C2=O)n1. The lowest BCUT2D eigenvalue weighted by molar-refractivity contribution is -0.144. The van der Waals surface area contributed by atoms with Gasteiger partial charge in [-0.25, -0.2) is 15.0 Å². The second-order valence-corrected chi connectivity index (χ2v) is 22.1. The van der Waals surface area contributed by atoms with E-state index in [4.69, 9.17) is 33.7 Å². The molecule has 3 atom stereocenters. The number of rotatable bonds is 32. The highest BCUT2D eigenvalue weighted by Crippen LogP contribution is 2.33. The van der Waals surface area contributed by atoms with Crippen molar-refractivity contribution in [2.45, 2.75) is 105 Å². The van der Waals surface area contributed by atoms with Crippen LogP contribution in [0.4, 0.5) is 11.6 Å². The maximum absolute atomic E-state index is 14.0. The van der Waals surface area contributed by atoms with E-state index in [1.54, 1.807) is 28.1 Å². The first-order valence-corrected chi connectivity index (χ1v) is 28.6. The Morgan fingerprint density at radius 2 is 1.54 bits per heavy atom. The topological polar surface area (TPSA) is 279 Å². The Kier molecular flexibility index (Phi) is 23.3. The first-order chi connectivity index (χ1) is 39.4. The van der Waals surface area contributed by atoms with Crippen LogP contribution in [-0.2, 0) is 69.0 Å². The second kappa shape index (κ2) is 30.5. The summed E-state index contributed by atoms with van der Waals surface area (Å²) in [7, 11) is 1.95. The van der Waals surface area contributed by atoms with Gasteiger partial charge < -0.3 is 64.4 Å². The van der Waals surface area contributed by atoms with Gasteiger partial charge in [0, 0.05) is 64.3 Å². The molecule has 0 unspecified atom stereocenters. The van der Waals surface area contributed by atoms with Crippen molar-refractivity contribution < 1.29 is 52.8 Å². The van der Waals surface area contributed by atoms with Crippen LogP contribution in [0.25, 0.3) is 22.0 Å². The highest BCUT2D eigenvalue weighted by Gasteiger charge is 2.44. The number of amides is 5. The number of likely N-dealkylation sites (tertiary alicyclic amines) is 1. The number of ether oxygens (including phenoxy) is 5. The molecule has 4 aromatic heterocycles. The summed E-state index contributed by atoms with van der Waals surface area (Å²) in [5, 5.41) is 30.7. The highest BCUT2D eigenvalue weighted by atomic mass is 32.1. The average Bonchev–Trinajstić information content (AvgIpc) is 4.49. The van der Waals surface area contributed by atoms with E-state index in [2.05, 4.69) is 50.3 Å². The molecule has 5 aromatic rings. The highest BCUT2D eigenvalue weighted by molar-refractivity contribution is 7.13. The van der Waals surface area contributed by atoms with Gasteiger partial charge in [-0.15, -0.1) is 21.5 Å². The maximum Gasteiger partial charge on any atom is 0.260 e. The number of aryl methyl sites for hydroxylation is 2. The summed E-state index contributed by atoms with van der Waals surface area (Å²) in [6.07, 6.45) is 0.855. The molecular weight excluding hydrogens is 1070 g/mol. The second-order valence-electron chi connectivity index (χ2n) is 21.3. The first kappa shape index (κ1) is 62.8. The van der Waals surface area contributed by atoms with Gasteiger partial charge in [0.25, 0.3) is 5.91 Å². The van der Waals surface area contributed by atoms with Gasteiger partial charge in [-0.2, -0.15) is 0 Å². The van der Waals surface area contributed by atoms with E-state index >= 15 is 0 Å². The van der Waals surface area contributed by atoms with E-state index in [9.17, 15) is 29.1 Å². The lowest BCUT2D eigenvalue weighted by atomic mass is 9.85. The summed E-state index contributed by atoms with van der Waals surface area (Å²) in [5.74, 6) is 0.0677. The van der Waals surface area contributed by atoms with Crippen LogP contribution in [0.3, 0.4) is 0 Å². The molecule has 0 radical (unpaired) electrons. The van der Waals surface area contributed by atoms with Gasteiger partial charge in [0.2, 0.25) is 23.6 Å². The number of carbonyl (C=O) groups excluding carboxylic acids is 5. The minimum atomic E-state index is -0.982. The van der Waals surface area contributed by atoms with Crippen molar-refractivity contribution in [1.29, 1.82) is 0 Å². The van der Waals surface area contributed by atoms with E-state index in [1.807, 2.05) is 99.7 Å². The molecule has 24 nitrogen and oxygen atoms in total. The van der Waals surface area contributed by atoms with Gasteiger partial charge in [0.15, 0.2) is 5.82 Å². The number of hydrogen-bond donors (Lipinski definition) is 5. The van der Waals surface area contributed by atoms with Crippen LogP contribution in [0.15, 0.2) is 60.4 Å². The fraction of sp³-hybridized carbons (Fsp3) is 0.544. The van der Waals surface area contributed by atoms with E-state index in [0.717, 1.165) is 33.0 Å². The minimum absolute atomic E-state index is 0.0297. The van der Waals surface area contributed by atoms with Crippen molar-refractivity contribution in [2.24, 2.45) is 5.41 Å². The van der Waals surface area contributed by atoms with Crippen LogP contribution in [0.2, 0.25) is 0 Å². The Morgan fingerprint density at radius 1 is 0.866 bits per heavy atom. The predicted octanol–water partition coefficient (Wildman–Crippen LogP) is 3.29. The molecule has 1 saturated heterocycles. The van der Waals surface area contributed by atoms with Crippen molar-refractivity contribution in [3.8, 4) is 22.0 Å². The molecule has 1 fully saturated rings. The smallest absolute Gasteiger partial charge is 0.260 e. The van der Waals surface area contributed by atoms with E-state index < -0.39 is 35.4 Å². The molecule has 82 heavy (non-hydrogen) atoms. The zero-order chi connectivity index (χ0) is 58.8. The molecule has 0 saturated carbocycles. The van der Waals surface area contributed by atoms with Crippen molar-refractivity contribution in [2.75, 3.05) is 103 Å². The number of aliphatic hydroxyl groups is 1. The number of nitrogens with one attached hydrogen (secondary N) is 4. The molecule has 2 aliphatic rings. The molecule has 0 bridgehead atoms. The van der Waals surface area contributed by atoms with Gasteiger partial charge in [-0.05, 0) is 62.4 Å². The Morgan fingerprint density at radius 3 is 2.17 bits per heavy atom. The van der Waals surface area contributed by atoms with Gasteiger partial charge >= 0.3 is 0 Å². The van der Waals surface area contributed by atoms with Crippen LogP contribution in [-0.4, -0.2) is 186 Å². The van der Waals surface area contributed by atoms with Crippen LogP contribution >= 0.6 is 11.3 Å². The summed E-state index contributed by atoms with van der Waals surface area (Å²) < 4.78 is 29.6. The molecule has 7 rings (SSSR count). The summed E-state index contributed by atoms with van der Waals surface area (Å²) in [6.45, 7) is 17.6. The number of fused-ring (bicyclic) bond motifs is 1. The number of hydrogen-bond acceptors (Lipinski definition) is 19. The number of β-amino-alcohol motifs (C(OH)–C–C–N with tert-alkyl or cyclic N) is 1. The number of pyridine rings is 2. The molecule has 1 aromatic carbocycles. The molecule has 5 N–H and O–H groups in total. The fourth-order valence-electron chi connectivity index (χ4n) is 9.15. The molecule has 0 spiro atoms. The third kappa shape index (κ3) is 17.4. The van der Waals surface area contributed by atoms with Gasteiger partial charge in [0.05, 0.1) is 92.8 Å². The summed E-state index contributed by atoms with van der Waals surface area (Å²) in [4.78, 5) is 87.0. The third-order valence-corrected chi connectivity index (χ3v) is 14.9. The number of nitrogens with zero attached hydrogens (tertiary/aromatic N) is 9. The van der Waals surface area contributed by atoms with Gasteiger partial charge in [0.1, 0.15) is 49.0 Å². The van der Waals surface area contributed by atoms with E-state index in [-0.39, 0.29) is 82.9 Å². The summed E-state index contributed by atoms with van der Waals surface area (Å²) in [5.41, 5.74) is 6.74. The van der Waals surface area contributed by atoms with E-state index in [1.165, 1.54) is 4.90 Å². The van der Waals surface area contributed by atoms with Crippen LogP contribution < -0.4 is 31.1 Å². The van der Waals surface area contributed by atoms with Crippen molar-refractivity contribution in [3.63, 3.8) is 0 Å². The normalized spacial score (nSPS) is 15.5. The molecule has 5 amide bonds. The Balaban J connectivity index is 0.703. The predicted molar refractivity (Wildman–Crippen MR) is 308 cm³/mol. The van der Waals surface area contributed by atoms with Crippen molar-refractivity contribution in [1.82, 2.24) is 55.9 Å². The lowest BCUT2D eigenvalue weighted by Gasteiger charge is -2.35. The van der Waals surface area contributed by atoms with Crippen molar-refractivity contribution in [3.05, 3.63) is 88.4 Å². The monoisotopic (exact) mass is 1150 g/mol. The zero-order valence-corrected chi connectivity index (χ0v) is 49.1. The van der Waals surface area contributed by atoms with Gasteiger partial charge in [-0.1, -0.05) is 51.1 Å². The van der Waals surface area contributed by atoms with Gasteiger partial charge in [-0.3, -0.25) is 28.9 Å². The van der Waals surface area contributed by atoms with Crippen LogP contribution in [0.5, 0.6) is 0 Å². The number of carbonyl (C=O) groups is 5. The maximum atomic E-state index is 14.0. The summed E-state index contributed by atoms with van der Waals surface area (Å²) in [6, 6.07) is 13.5. The fourth-order valence-corrected chi connectivity index (χ4v) is 9.96. The molecule has 444 valence electrons. The number of aromatic nitrogens is 6. The third-order valence-electron chi connectivity index (χ3n) is 13.9. The molecule has 0 aliphatic carbocycles. The molecular formula is C57H79N13O11S. The molecule has 25 heteroatoms. The number of thiazole rings is 1. The standard InChI is InChI=1S/C57H79N13O11S/c1-9-68-35-62-66-53(68)44-11-10-12-47(63-44)70-32-43-42(55(70)75)28-48(67(8)37(2)3)64-45(43)30-58-17-18-59-49(72)33-80-25-23-78-21-19-77-20-22-79-24-26-81-34-50(73)65-52(57(5,6)7)56(76)69-31-41(71)27-46(69)54(74)60-29-39-13-15-40(16-14-39)51-38(4)61-36-82-51/h10-16,28,35-37,41,46,52,58,71H,9,17-27,29-34H2,1-8H3,(H,59,72)(H,60,74)(H,65,73)/t41-,46+,52-/m1/s1. The van der Waals surface area contributed by atoms with Crippen LogP contribution in [0.1, 0.15) is 80.8 Å². The summed E-state index contributed by atoms with van der Waals surface area (Å²) >= 11 is 1.57. The Bertz CT molecular complexity index is 2910. The lowest BCUT2D eigenvalue weighted by Crippen LogP contribution is -2.58. The minimum Gasteiger partial charge on any atom is -0.391 e. The first-order valence-electron chi connectivity index (χ1n) is 27.8. The largest absolute Gasteiger partial charge is 0.391 e.